The van der Waals surface area contributed by atoms with Gasteiger partial charge < -0.3 is 10.2 Å². The Morgan fingerprint density at radius 3 is 2.47 bits per heavy atom. The summed E-state index contributed by atoms with van der Waals surface area (Å²) in [5.74, 6) is -1.29. The molecular formula is C43H46ClF2N5O2. The van der Waals surface area contributed by atoms with E-state index in [2.05, 4.69) is 63.3 Å². The number of amides is 1. The molecule has 4 aliphatic heterocycles. The summed E-state index contributed by atoms with van der Waals surface area (Å²) in [5.41, 5.74) is 4.97. The van der Waals surface area contributed by atoms with E-state index < -0.39 is 23.0 Å². The molecule has 1 saturated carbocycles. The first-order chi connectivity index (χ1) is 25.4. The molecule has 3 atom stereocenters. The number of hydrogen-bond acceptors (Lipinski definition) is 5. The molecule has 1 aliphatic carbocycles. The number of nitrogens with one attached hydrogen (secondary N) is 1. The number of likely N-dealkylation sites (tertiary alicyclic amines) is 1. The minimum atomic E-state index is -0.833. The number of benzene rings is 3. The van der Waals surface area contributed by atoms with Crippen LogP contribution in [-0.4, -0.2) is 52.6 Å². The van der Waals surface area contributed by atoms with Crippen LogP contribution in [-0.2, 0) is 10.2 Å². The van der Waals surface area contributed by atoms with Gasteiger partial charge in [0.15, 0.2) is 0 Å². The zero-order chi connectivity index (χ0) is 36.8. The van der Waals surface area contributed by atoms with E-state index in [1.54, 1.807) is 6.07 Å². The minimum Gasteiger partial charge on any atom is -0.371 e. The molecule has 10 heteroatoms. The maximum atomic E-state index is 15.4. The van der Waals surface area contributed by atoms with Crippen molar-refractivity contribution in [2.24, 2.45) is 5.41 Å². The Morgan fingerprint density at radius 1 is 0.962 bits per heavy atom. The van der Waals surface area contributed by atoms with Crippen LogP contribution < -0.4 is 15.8 Å². The molecule has 53 heavy (non-hydrogen) atoms. The van der Waals surface area contributed by atoms with Gasteiger partial charge in [-0.25, -0.2) is 8.78 Å². The molecule has 4 aromatic rings. The van der Waals surface area contributed by atoms with Crippen molar-refractivity contribution >= 4 is 34.1 Å². The molecule has 3 unspecified atom stereocenters. The van der Waals surface area contributed by atoms with Gasteiger partial charge in [0.25, 0.3) is 5.56 Å². The van der Waals surface area contributed by atoms with Crippen molar-refractivity contribution in [3.05, 3.63) is 110 Å². The third-order valence-electron chi connectivity index (χ3n) is 13.4. The van der Waals surface area contributed by atoms with Gasteiger partial charge in [0.05, 0.1) is 32.9 Å². The molecular weight excluding hydrogens is 692 g/mol. The zero-order valence-corrected chi connectivity index (χ0v) is 31.2. The van der Waals surface area contributed by atoms with E-state index in [-0.39, 0.29) is 22.4 Å². The summed E-state index contributed by atoms with van der Waals surface area (Å²) in [6.45, 7) is 11.8. The Kier molecular flexibility index (Phi) is 8.35. The van der Waals surface area contributed by atoms with Gasteiger partial charge in [-0.1, -0.05) is 42.8 Å². The van der Waals surface area contributed by atoms with Crippen molar-refractivity contribution in [2.45, 2.75) is 94.9 Å². The van der Waals surface area contributed by atoms with Gasteiger partial charge >= 0.3 is 0 Å². The number of halogens is 3. The normalized spacial score (nSPS) is 25.2. The summed E-state index contributed by atoms with van der Waals surface area (Å²) < 4.78 is 32.9. The molecule has 1 N–H and O–H groups in total. The van der Waals surface area contributed by atoms with E-state index in [1.165, 1.54) is 36.1 Å². The number of hydrogen-bond donors (Lipinski definition) is 1. The number of aromatic nitrogens is 2. The van der Waals surface area contributed by atoms with Crippen molar-refractivity contribution in [1.82, 2.24) is 19.8 Å². The molecule has 5 heterocycles. The van der Waals surface area contributed by atoms with Crippen LogP contribution in [0.4, 0.5) is 14.5 Å². The third-order valence-corrected chi connectivity index (χ3v) is 13.7. The maximum absolute atomic E-state index is 15.4. The molecule has 3 saturated heterocycles. The monoisotopic (exact) mass is 737 g/mol. The molecule has 0 radical (unpaired) electrons. The summed E-state index contributed by atoms with van der Waals surface area (Å²) >= 11 is 6.48. The van der Waals surface area contributed by atoms with Crippen LogP contribution in [0.1, 0.15) is 106 Å². The number of allylic oxidation sites excluding steroid dienone is 1. The Balaban J connectivity index is 0.876. The summed E-state index contributed by atoms with van der Waals surface area (Å²) in [6.07, 6.45) is 8.71. The molecule has 5 aliphatic rings. The predicted octanol–water partition coefficient (Wildman–Crippen LogP) is 8.48. The van der Waals surface area contributed by atoms with Crippen LogP contribution in [0, 0.1) is 17.0 Å². The van der Waals surface area contributed by atoms with Crippen LogP contribution in [0.5, 0.6) is 0 Å². The fraction of sp³-hybridized carbons (Fsp3) is 0.465. The largest absolute Gasteiger partial charge is 0.371 e. The summed E-state index contributed by atoms with van der Waals surface area (Å²) in [6, 6.07) is 15.8. The first-order valence-electron chi connectivity index (χ1n) is 19.3. The predicted molar refractivity (Wildman–Crippen MR) is 205 cm³/mol. The van der Waals surface area contributed by atoms with Crippen LogP contribution >= 0.6 is 11.6 Å². The van der Waals surface area contributed by atoms with E-state index >= 15 is 8.78 Å². The quantitative estimate of drug-likeness (QED) is 0.228. The topological polar surface area (TPSA) is 70.5 Å². The molecule has 3 aromatic carbocycles. The second-order valence-corrected chi connectivity index (χ2v) is 17.3. The standard InChI is InChI=1S/C43H46ClF2N5O2/c1-25-10-12-30(39(52)47-25)37-33(45)22-29(23-34(37)46)49-17-14-43(15-18-49)16-19-50(24-43)28-7-4-6-26(20-28)27-11-13-35-31(21-27)42(2,3)41-48-40(53)38-32(44)8-5-9-36(38)51(35)41/h5,8-9,11,13,21-23,26,28,30H,1,4,6-7,10,12,14-20,24H2,2-3H3,(H,47,52). The average molecular weight is 738 g/mol. The lowest BCUT2D eigenvalue weighted by Crippen LogP contribution is -2.43. The zero-order valence-electron chi connectivity index (χ0n) is 30.5. The second kappa shape index (κ2) is 12.8. The van der Waals surface area contributed by atoms with Crippen LogP contribution in [0.15, 0.2) is 65.6 Å². The van der Waals surface area contributed by atoms with Gasteiger partial charge in [-0.3, -0.25) is 19.1 Å². The molecule has 9 rings (SSSR count). The number of fused-ring (bicyclic) bond motifs is 5. The lowest BCUT2D eigenvalue weighted by Gasteiger charge is -2.42. The number of rotatable bonds is 4. The Hall–Kier alpha value is -4.08. The maximum Gasteiger partial charge on any atom is 0.282 e. The lowest BCUT2D eigenvalue weighted by molar-refractivity contribution is -0.123. The van der Waals surface area contributed by atoms with Crippen LogP contribution in [0.2, 0.25) is 5.02 Å². The van der Waals surface area contributed by atoms with Crippen molar-refractivity contribution < 1.29 is 13.6 Å². The van der Waals surface area contributed by atoms with Gasteiger partial charge in [-0.05, 0) is 125 Å². The van der Waals surface area contributed by atoms with Crippen LogP contribution in [0.25, 0.3) is 16.6 Å². The number of piperidine rings is 2. The lowest BCUT2D eigenvalue weighted by atomic mass is 9.77. The highest BCUT2D eigenvalue weighted by Crippen LogP contribution is 2.48. The highest BCUT2D eigenvalue weighted by Gasteiger charge is 2.44. The summed E-state index contributed by atoms with van der Waals surface area (Å²) in [4.78, 5) is 35.0. The second-order valence-electron chi connectivity index (χ2n) is 16.8. The summed E-state index contributed by atoms with van der Waals surface area (Å²) in [5, 5.41) is 3.54. The summed E-state index contributed by atoms with van der Waals surface area (Å²) in [7, 11) is 0. The fourth-order valence-corrected chi connectivity index (χ4v) is 10.6. The highest BCUT2D eigenvalue weighted by atomic mass is 35.5. The molecule has 0 bridgehead atoms. The average Bonchev–Trinajstić information content (AvgIpc) is 3.64. The molecule has 1 spiro atoms. The Bertz CT molecular complexity index is 2220. The number of nitrogens with zero attached hydrogens (tertiary/aromatic N) is 4. The van der Waals surface area contributed by atoms with Crippen molar-refractivity contribution in [1.29, 1.82) is 0 Å². The minimum absolute atomic E-state index is 0.133. The molecule has 276 valence electrons. The van der Waals surface area contributed by atoms with E-state index in [0.717, 1.165) is 75.3 Å². The number of carbonyl (C=O) groups excluding carboxylic acids is 1. The van der Waals surface area contributed by atoms with E-state index in [0.29, 0.717) is 46.6 Å². The van der Waals surface area contributed by atoms with Gasteiger partial charge in [0.1, 0.15) is 17.5 Å². The van der Waals surface area contributed by atoms with Gasteiger partial charge in [-0.2, -0.15) is 4.98 Å². The van der Waals surface area contributed by atoms with E-state index in [1.807, 2.05) is 12.1 Å². The first-order valence-corrected chi connectivity index (χ1v) is 19.6. The van der Waals surface area contributed by atoms with Gasteiger partial charge in [-0.15, -0.1) is 0 Å². The first kappa shape index (κ1) is 34.7. The van der Waals surface area contributed by atoms with E-state index in [9.17, 15) is 9.59 Å². The SMILES string of the molecule is C=C1CCC(c2c(F)cc(N3CCC4(CC3)CCN(C3CCCC(c5ccc6c(c5)C(C)(C)c5nc(=O)c7c(Cl)cccc7n5-6)C3)C4)cc2F)C(=O)N1. The van der Waals surface area contributed by atoms with E-state index in [4.69, 9.17) is 11.6 Å². The Labute approximate surface area is 314 Å². The number of carbonyl (C=O) groups is 1. The molecule has 1 amide bonds. The molecule has 1 aromatic heterocycles. The third kappa shape index (κ3) is 5.72. The van der Waals surface area contributed by atoms with Crippen molar-refractivity contribution in [3.8, 4) is 5.69 Å². The fourth-order valence-electron chi connectivity index (χ4n) is 10.4. The Morgan fingerprint density at radius 2 is 1.72 bits per heavy atom. The highest BCUT2D eigenvalue weighted by molar-refractivity contribution is 6.35. The molecule has 4 fully saturated rings. The van der Waals surface area contributed by atoms with Crippen molar-refractivity contribution in [2.75, 3.05) is 31.1 Å². The molecule has 7 nitrogen and oxygen atoms in total. The van der Waals surface area contributed by atoms with Crippen molar-refractivity contribution in [3.63, 3.8) is 0 Å². The number of anilines is 1. The van der Waals surface area contributed by atoms with Crippen LogP contribution in [0.3, 0.4) is 0 Å². The van der Waals surface area contributed by atoms with Gasteiger partial charge in [0, 0.05) is 42.6 Å². The smallest absolute Gasteiger partial charge is 0.282 e. The van der Waals surface area contributed by atoms with Gasteiger partial charge in [0.2, 0.25) is 5.91 Å².